The third kappa shape index (κ3) is 4.41. The topological polar surface area (TPSA) is 58.9 Å². The highest BCUT2D eigenvalue weighted by Gasteiger charge is 2.10. The largest absolute Gasteiger partial charge is 0.350 e. The van der Waals surface area contributed by atoms with Crippen LogP contribution in [0.3, 0.4) is 0 Å². The van der Waals surface area contributed by atoms with Gasteiger partial charge in [-0.3, -0.25) is 4.79 Å². The Bertz CT molecular complexity index is 594. The quantitative estimate of drug-likeness (QED) is 0.840. The van der Waals surface area contributed by atoms with E-state index in [0.717, 1.165) is 16.7 Å². The van der Waals surface area contributed by atoms with Crippen molar-refractivity contribution in [3.63, 3.8) is 0 Å². The van der Waals surface area contributed by atoms with Crippen molar-refractivity contribution in [2.24, 2.45) is 0 Å². The molecule has 2 N–H and O–H groups in total. The summed E-state index contributed by atoms with van der Waals surface area (Å²) in [5.41, 5.74) is 1.47. The molecule has 0 spiro atoms. The molecule has 2 aromatic rings. The summed E-state index contributed by atoms with van der Waals surface area (Å²) in [6.07, 6.45) is 3.31. The maximum atomic E-state index is 12.1. The summed E-state index contributed by atoms with van der Waals surface area (Å²) >= 11 is 3.39. The Morgan fingerprint density at radius 1 is 1.38 bits per heavy atom. The monoisotopic (exact) mass is 350 g/mol. The Labute approximate surface area is 132 Å². The standard InChI is InChI=1S/C15H19BrN4O/c1-3-17-11(2)8-18-15(21)12-9-19-20(10-12)14-6-4-13(16)5-7-14/h4-7,9-11,17H,3,8H2,1-2H3,(H,18,21)/t11-/m1/s1. The summed E-state index contributed by atoms with van der Waals surface area (Å²) in [6, 6.07) is 8.00. The van der Waals surface area contributed by atoms with Gasteiger partial charge in [0.25, 0.3) is 5.91 Å². The van der Waals surface area contributed by atoms with Gasteiger partial charge in [0.1, 0.15) is 0 Å². The van der Waals surface area contributed by atoms with E-state index in [1.807, 2.05) is 38.1 Å². The first-order valence-electron chi connectivity index (χ1n) is 6.92. The van der Waals surface area contributed by atoms with Crippen LogP contribution in [0, 0.1) is 0 Å². The molecule has 112 valence electrons. The number of halogens is 1. The molecule has 5 nitrogen and oxygen atoms in total. The number of rotatable bonds is 6. The number of nitrogens with zero attached hydrogens (tertiary/aromatic N) is 2. The molecule has 2 rings (SSSR count). The van der Waals surface area contributed by atoms with Crippen molar-refractivity contribution >= 4 is 21.8 Å². The molecule has 0 unspecified atom stereocenters. The van der Waals surface area contributed by atoms with Gasteiger partial charge in [-0.25, -0.2) is 4.68 Å². The molecule has 1 aromatic carbocycles. The number of benzene rings is 1. The maximum Gasteiger partial charge on any atom is 0.254 e. The van der Waals surface area contributed by atoms with Crippen molar-refractivity contribution < 1.29 is 4.79 Å². The van der Waals surface area contributed by atoms with Gasteiger partial charge in [0, 0.05) is 23.3 Å². The van der Waals surface area contributed by atoms with Gasteiger partial charge >= 0.3 is 0 Å². The molecule has 0 radical (unpaired) electrons. The molecule has 0 aliphatic carbocycles. The summed E-state index contributed by atoms with van der Waals surface area (Å²) in [6.45, 7) is 5.56. The number of nitrogens with one attached hydrogen (secondary N) is 2. The van der Waals surface area contributed by atoms with E-state index < -0.39 is 0 Å². The van der Waals surface area contributed by atoms with Gasteiger partial charge in [-0.05, 0) is 37.7 Å². The third-order valence-corrected chi connectivity index (χ3v) is 3.59. The minimum atomic E-state index is -0.108. The Morgan fingerprint density at radius 2 is 2.10 bits per heavy atom. The molecule has 0 saturated heterocycles. The Kier molecular flexibility index (Phi) is 5.52. The molecule has 21 heavy (non-hydrogen) atoms. The number of hydrogen-bond donors (Lipinski definition) is 2. The van der Waals surface area contributed by atoms with Crippen molar-refractivity contribution in [1.82, 2.24) is 20.4 Å². The van der Waals surface area contributed by atoms with Gasteiger partial charge in [0.05, 0.1) is 17.4 Å². The molecule has 6 heteroatoms. The summed E-state index contributed by atoms with van der Waals surface area (Å²) in [4.78, 5) is 12.1. The fourth-order valence-corrected chi connectivity index (χ4v) is 2.21. The normalized spacial score (nSPS) is 12.1. The van der Waals surface area contributed by atoms with Crippen molar-refractivity contribution in [2.75, 3.05) is 13.1 Å². The van der Waals surface area contributed by atoms with Gasteiger partial charge in [-0.1, -0.05) is 22.9 Å². The van der Waals surface area contributed by atoms with Crippen LogP contribution in [0.25, 0.3) is 5.69 Å². The molecule has 0 fully saturated rings. The second kappa shape index (κ2) is 7.38. The average molecular weight is 351 g/mol. The van der Waals surface area contributed by atoms with Gasteiger partial charge < -0.3 is 10.6 Å². The minimum Gasteiger partial charge on any atom is -0.350 e. The minimum absolute atomic E-state index is 0.108. The fraction of sp³-hybridized carbons (Fsp3) is 0.333. The van der Waals surface area contributed by atoms with E-state index in [4.69, 9.17) is 0 Å². The van der Waals surface area contributed by atoms with Crippen LogP contribution < -0.4 is 10.6 Å². The molecule has 1 heterocycles. The van der Waals surface area contributed by atoms with Crippen molar-refractivity contribution in [3.8, 4) is 5.69 Å². The molecular weight excluding hydrogens is 332 g/mol. The van der Waals surface area contributed by atoms with Crippen LogP contribution in [0.2, 0.25) is 0 Å². The number of amides is 1. The summed E-state index contributed by atoms with van der Waals surface area (Å²) in [5.74, 6) is -0.108. The molecule has 1 atom stereocenters. The van der Waals surface area contributed by atoms with E-state index in [9.17, 15) is 4.79 Å². The van der Waals surface area contributed by atoms with Crippen molar-refractivity contribution in [1.29, 1.82) is 0 Å². The maximum absolute atomic E-state index is 12.1. The fourth-order valence-electron chi connectivity index (χ4n) is 1.94. The molecule has 1 amide bonds. The molecule has 0 aliphatic heterocycles. The predicted octanol–water partition coefficient (Wildman–Crippen LogP) is 2.36. The van der Waals surface area contributed by atoms with Gasteiger partial charge in [0.2, 0.25) is 0 Å². The van der Waals surface area contributed by atoms with E-state index in [2.05, 4.69) is 31.7 Å². The van der Waals surface area contributed by atoms with E-state index >= 15 is 0 Å². The first-order valence-corrected chi connectivity index (χ1v) is 7.71. The second-order valence-electron chi connectivity index (χ2n) is 4.82. The predicted molar refractivity (Wildman–Crippen MR) is 86.7 cm³/mol. The molecule has 0 aliphatic rings. The van der Waals surface area contributed by atoms with Crippen LogP contribution in [0.1, 0.15) is 24.2 Å². The lowest BCUT2D eigenvalue weighted by Crippen LogP contribution is -2.38. The lowest BCUT2D eigenvalue weighted by Gasteiger charge is -2.12. The van der Waals surface area contributed by atoms with Crippen molar-refractivity contribution in [2.45, 2.75) is 19.9 Å². The molecule has 0 saturated carbocycles. The first-order chi connectivity index (χ1) is 10.1. The van der Waals surface area contributed by atoms with Crippen LogP contribution >= 0.6 is 15.9 Å². The highest BCUT2D eigenvalue weighted by Crippen LogP contribution is 2.14. The van der Waals surface area contributed by atoms with Crippen LogP contribution in [0.15, 0.2) is 41.1 Å². The van der Waals surface area contributed by atoms with E-state index in [-0.39, 0.29) is 11.9 Å². The number of likely N-dealkylation sites (N-methyl/N-ethyl adjacent to an activating group) is 1. The second-order valence-corrected chi connectivity index (χ2v) is 5.73. The summed E-state index contributed by atoms with van der Waals surface area (Å²) in [5, 5.41) is 10.4. The van der Waals surface area contributed by atoms with E-state index in [1.165, 1.54) is 0 Å². The SMILES string of the molecule is CCN[C@H](C)CNC(=O)c1cnn(-c2ccc(Br)cc2)c1. The lowest BCUT2D eigenvalue weighted by molar-refractivity contribution is 0.0950. The molecule has 0 bridgehead atoms. The Balaban J connectivity index is 1.99. The number of aromatic nitrogens is 2. The smallest absolute Gasteiger partial charge is 0.254 e. The van der Waals surface area contributed by atoms with Crippen LogP contribution in [0.4, 0.5) is 0 Å². The van der Waals surface area contributed by atoms with Crippen LogP contribution in [-0.2, 0) is 0 Å². The van der Waals surface area contributed by atoms with E-state index in [1.54, 1.807) is 17.1 Å². The zero-order valence-electron chi connectivity index (χ0n) is 12.1. The highest BCUT2D eigenvalue weighted by molar-refractivity contribution is 9.10. The van der Waals surface area contributed by atoms with Crippen LogP contribution in [-0.4, -0.2) is 34.8 Å². The number of carbonyl (C=O) groups excluding carboxylic acids is 1. The Hall–Kier alpha value is -1.66. The van der Waals surface area contributed by atoms with Crippen molar-refractivity contribution in [3.05, 3.63) is 46.7 Å². The molecule has 1 aromatic heterocycles. The Morgan fingerprint density at radius 3 is 2.76 bits per heavy atom. The number of hydrogen-bond acceptors (Lipinski definition) is 3. The van der Waals surface area contributed by atoms with Crippen LogP contribution in [0.5, 0.6) is 0 Å². The first kappa shape index (κ1) is 15.7. The van der Waals surface area contributed by atoms with Gasteiger partial charge in [0.15, 0.2) is 0 Å². The van der Waals surface area contributed by atoms with Gasteiger partial charge in [-0.15, -0.1) is 0 Å². The summed E-state index contributed by atoms with van der Waals surface area (Å²) in [7, 11) is 0. The van der Waals surface area contributed by atoms with E-state index in [0.29, 0.717) is 12.1 Å². The lowest BCUT2D eigenvalue weighted by atomic mass is 10.3. The molecular formula is C15H19BrN4O. The van der Waals surface area contributed by atoms with Gasteiger partial charge in [-0.2, -0.15) is 5.10 Å². The average Bonchev–Trinajstić information content (AvgIpc) is 2.96. The number of carbonyl (C=O) groups is 1. The zero-order chi connectivity index (χ0) is 15.2. The highest BCUT2D eigenvalue weighted by atomic mass is 79.9. The zero-order valence-corrected chi connectivity index (χ0v) is 13.7. The third-order valence-electron chi connectivity index (χ3n) is 3.06. The summed E-state index contributed by atoms with van der Waals surface area (Å²) < 4.78 is 2.70.